The molecule has 0 unspecified atom stereocenters. The van der Waals surface area contributed by atoms with Gasteiger partial charge in [-0.2, -0.15) is 0 Å². The van der Waals surface area contributed by atoms with E-state index in [1.54, 1.807) is 37.3 Å². The number of carbonyl (C=O) groups excluding carboxylic acids is 1. The van der Waals surface area contributed by atoms with Gasteiger partial charge in [0.05, 0.1) is 22.0 Å². The average Bonchev–Trinajstić information content (AvgIpc) is 2.43. The van der Waals surface area contributed by atoms with E-state index in [1.807, 2.05) is 0 Å². The Bertz CT molecular complexity index is 867. The molecule has 0 aromatic heterocycles. The number of benzene rings is 2. The van der Waals surface area contributed by atoms with Gasteiger partial charge in [0.1, 0.15) is 0 Å². The Morgan fingerprint density at radius 3 is 2.39 bits per heavy atom. The Labute approximate surface area is 144 Å². The van der Waals surface area contributed by atoms with Gasteiger partial charge in [-0.05, 0) is 42.8 Å². The van der Waals surface area contributed by atoms with Gasteiger partial charge >= 0.3 is 0 Å². The van der Waals surface area contributed by atoms with Gasteiger partial charge in [-0.3, -0.25) is 9.52 Å². The molecular weight excluding hydrogens is 359 g/mol. The molecule has 0 aliphatic heterocycles. The number of hydrogen-bond acceptors (Lipinski definition) is 3. The first-order valence-electron chi connectivity index (χ1n) is 6.51. The van der Waals surface area contributed by atoms with Gasteiger partial charge in [-0.25, -0.2) is 8.42 Å². The molecule has 2 N–H and O–H groups in total. The van der Waals surface area contributed by atoms with Crippen molar-refractivity contribution < 1.29 is 13.2 Å². The van der Waals surface area contributed by atoms with Crippen LogP contribution in [0, 0.1) is 6.92 Å². The second kappa shape index (κ2) is 6.78. The average molecular weight is 373 g/mol. The van der Waals surface area contributed by atoms with Crippen molar-refractivity contribution in [3.05, 3.63) is 57.6 Å². The standard InChI is InChI=1S/C15H14Cl2N2O3S/c1-9-11(4-3-5-14(9)19-23(2,21)22)15(20)18-10-6-7-12(16)13(17)8-10/h3-8,19H,1-2H3,(H,18,20). The maximum atomic E-state index is 12.4. The van der Waals surface area contributed by atoms with Crippen LogP contribution in [0.5, 0.6) is 0 Å². The summed E-state index contributed by atoms with van der Waals surface area (Å²) in [6.45, 7) is 1.66. The van der Waals surface area contributed by atoms with Crippen molar-refractivity contribution in [3.8, 4) is 0 Å². The topological polar surface area (TPSA) is 75.3 Å². The first-order valence-corrected chi connectivity index (χ1v) is 9.16. The normalized spacial score (nSPS) is 11.1. The SMILES string of the molecule is Cc1c(NS(C)(=O)=O)cccc1C(=O)Nc1ccc(Cl)c(Cl)c1. The molecule has 8 heteroatoms. The first kappa shape index (κ1) is 17.6. The van der Waals surface area contributed by atoms with Crippen molar-refractivity contribution in [1.82, 2.24) is 0 Å². The van der Waals surface area contributed by atoms with Crippen LogP contribution < -0.4 is 10.0 Å². The van der Waals surface area contributed by atoms with E-state index in [2.05, 4.69) is 10.0 Å². The van der Waals surface area contributed by atoms with E-state index in [4.69, 9.17) is 23.2 Å². The molecule has 0 saturated heterocycles. The maximum absolute atomic E-state index is 12.4. The summed E-state index contributed by atoms with van der Waals surface area (Å²) in [6, 6.07) is 9.54. The minimum Gasteiger partial charge on any atom is -0.322 e. The van der Waals surface area contributed by atoms with Gasteiger partial charge in [0.15, 0.2) is 0 Å². The summed E-state index contributed by atoms with van der Waals surface area (Å²) < 4.78 is 25.1. The summed E-state index contributed by atoms with van der Waals surface area (Å²) in [7, 11) is -3.43. The van der Waals surface area contributed by atoms with Gasteiger partial charge in [-0.15, -0.1) is 0 Å². The lowest BCUT2D eigenvalue weighted by Crippen LogP contribution is -2.16. The number of halogens is 2. The Morgan fingerprint density at radius 1 is 1.09 bits per heavy atom. The van der Waals surface area contributed by atoms with Crippen molar-refractivity contribution in [2.45, 2.75) is 6.92 Å². The zero-order chi connectivity index (χ0) is 17.2. The number of carbonyl (C=O) groups is 1. The predicted molar refractivity (Wildman–Crippen MR) is 94.1 cm³/mol. The largest absolute Gasteiger partial charge is 0.322 e. The molecule has 0 spiro atoms. The van der Waals surface area contributed by atoms with Crippen LogP contribution >= 0.6 is 23.2 Å². The molecule has 2 rings (SSSR count). The van der Waals surface area contributed by atoms with E-state index in [1.165, 1.54) is 6.07 Å². The molecule has 2 aromatic carbocycles. The molecule has 23 heavy (non-hydrogen) atoms. The van der Waals surface area contributed by atoms with Crippen LogP contribution in [-0.2, 0) is 10.0 Å². The molecule has 0 aliphatic carbocycles. The molecule has 2 aromatic rings. The number of hydrogen-bond donors (Lipinski definition) is 2. The minimum atomic E-state index is -3.43. The Morgan fingerprint density at radius 2 is 1.78 bits per heavy atom. The van der Waals surface area contributed by atoms with Crippen LogP contribution in [0.15, 0.2) is 36.4 Å². The van der Waals surface area contributed by atoms with Gasteiger partial charge in [0.25, 0.3) is 5.91 Å². The van der Waals surface area contributed by atoms with Crippen LogP contribution in [-0.4, -0.2) is 20.6 Å². The molecule has 0 radical (unpaired) electrons. The first-order chi connectivity index (χ1) is 10.7. The summed E-state index contributed by atoms with van der Waals surface area (Å²) in [5, 5.41) is 3.41. The fourth-order valence-corrected chi connectivity index (χ4v) is 2.88. The molecular formula is C15H14Cl2N2O3S. The summed E-state index contributed by atoms with van der Waals surface area (Å²) in [5.41, 5.74) is 1.72. The third kappa shape index (κ3) is 4.60. The summed E-state index contributed by atoms with van der Waals surface area (Å²) in [4.78, 5) is 12.4. The smallest absolute Gasteiger partial charge is 0.256 e. The van der Waals surface area contributed by atoms with Crippen LogP contribution in [0.3, 0.4) is 0 Å². The quantitative estimate of drug-likeness (QED) is 0.853. The van der Waals surface area contributed by atoms with Crippen LogP contribution in [0.25, 0.3) is 0 Å². The van der Waals surface area contributed by atoms with Crippen molar-refractivity contribution in [3.63, 3.8) is 0 Å². The highest BCUT2D eigenvalue weighted by molar-refractivity contribution is 7.92. The Kier molecular flexibility index (Phi) is 5.19. The third-order valence-electron chi connectivity index (χ3n) is 3.05. The molecule has 5 nitrogen and oxygen atoms in total. The van der Waals surface area contributed by atoms with E-state index in [-0.39, 0.29) is 5.91 Å². The maximum Gasteiger partial charge on any atom is 0.256 e. The zero-order valence-electron chi connectivity index (χ0n) is 12.4. The second-order valence-electron chi connectivity index (χ2n) is 4.94. The fraction of sp³-hybridized carbons (Fsp3) is 0.133. The molecule has 0 fully saturated rings. The summed E-state index contributed by atoms with van der Waals surface area (Å²) in [5.74, 6) is -0.377. The Balaban J connectivity index is 2.29. The van der Waals surface area contributed by atoms with Crippen molar-refractivity contribution in [2.75, 3.05) is 16.3 Å². The summed E-state index contributed by atoms with van der Waals surface area (Å²) >= 11 is 11.7. The van der Waals surface area contributed by atoms with Gasteiger partial charge in [0.2, 0.25) is 10.0 Å². The van der Waals surface area contributed by atoms with E-state index < -0.39 is 10.0 Å². The lowest BCUT2D eigenvalue weighted by molar-refractivity contribution is 0.102. The lowest BCUT2D eigenvalue weighted by Gasteiger charge is -2.12. The molecule has 122 valence electrons. The van der Waals surface area contributed by atoms with E-state index in [0.717, 1.165) is 6.26 Å². The van der Waals surface area contributed by atoms with Gasteiger partial charge < -0.3 is 5.32 Å². The van der Waals surface area contributed by atoms with Crippen LogP contribution in [0.2, 0.25) is 10.0 Å². The van der Waals surface area contributed by atoms with E-state index in [0.29, 0.717) is 32.5 Å². The molecule has 0 heterocycles. The van der Waals surface area contributed by atoms with E-state index in [9.17, 15) is 13.2 Å². The fourth-order valence-electron chi connectivity index (χ4n) is 1.96. The molecule has 0 aliphatic rings. The highest BCUT2D eigenvalue weighted by Crippen LogP contribution is 2.26. The molecule has 1 amide bonds. The van der Waals surface area contributed by atoms with Crippen molar-refractivity contribution in [1.29, 1.82) is 0 Å². The Hall–Kier alpha value is -1.76. The number of nitrogens with one attached hydrogen (secondary N) is 2. The zero-order valence-corrected chi connectivity index (χ0v) is 14.7. The second-order valence-corrected chi connectivity index (χ2v) is 7.50. The molecule has 0 bridgehead atoms. The van der Waals surface area contributed by atoms with Crippen molar-refractivity contribution in [2.24, 2.45) is 0 Å². The third-order valence-corrected chi connectivity index (χ3v) is 4.38. The van der Waals surface area contributed by atoms with Crippen molar-refractivity contribution >= 4 is 50.5 Å². The van der Waals surface area contributed by atoms with Gasteiger partial charge in [0, 0.05) is 11.3 Å². The predicted octanol–water partition coefficient (Wildman–Crippen LogP) is 3.93. The minimum absolute atomic E-state index is 0.327. The number of anilines is 2. The van der Waals surface area contributed by atoms with E-state index >= 15 is 0 Å². The number of rotatable bonds is 4. The van der Waals surface area contributed by atoms with Crippen LogP contribution in [0.1, 0.15) is 15.9 Å². The highest BCUT2D eigenvalue weighted by atomic mass is 35.5. The molecule has 0 saturated carbocycles. The molecule has 0 atom stereocenters. The monoisotopic (exact) mass is 372 g/mol. The number of amides is 1. The van der Waals surface area contributed by atoms with Gasteiger partial charge in [-0.1, -0.05) is 29.3 Å². The summed E-state index contributed by atoms with van der Waals surface area (Å²) in [6.07, 6.45) is 1.05. The lowest BCUT2D eigenvalue weighted by atomic mass is 10.1. The highest BCUT2D eigenvalue weighted by Gasteiger charge is 2.14. The van der Waals surface area contributed by atoms with Crippen LogP contribution in [0.4, 0.5) is 11.4 Å². The number of sulfonamides is 1.